The first-order chi connectivity index (χ1) is 18.2. The van der Waals surface area contributed by atoms with Crippen LogP contribution in [-0.2, 0) is 17.9 Å². The Hall–Kier alpha value is -4.19. The Balaban J connectivity index is 1.33. The summed E-state index contributed by atoms with van der Waals surface area (Å²) < 4.78 is 8.32. The number of imidazole rings is 1. The van der Waals surface area contributed by atoms with Crippen LogP contribution in [0.15, 0.2) is 84.9 Å². The molecule has 5 aromatic rings. The molecule has 1 saturated carbocycles. The van der Waals surface area contributed by atoms with E-state index in [0.717, 1.165) is 64.0 Å². The average molecular weight is 492 g/mol. The van der Waals surface area contributed by atoms with Crippen LogP contribution >= 0.6 is 0 Å². The number of rotatable bonds is 7. The maximum Gasteiger partial charge on any atom is 0.307 e. The van der Waals surface area contributed by atoms with Crippen LogP contribution in [0, 0.1) is 5.92 Å². The molecule has 1 aliphatic rings. The molecule has 0 amide bonds. The van der Waals surface area contributed by atoms with Crippen molar-refractivity contribution in [3.8, 4) is 5.75 Å². The minimum absolute atomic E-state index is 0.103. The number of nitrogens with zero attached hydrogens (tertiary/aromatic N) is 3. The summed E-state index contributed by atoms with van der Waals surface area (Å²) in [4.78, 5) is 21.8. The molecule has 2 heterocycles. The predicted octanol–water partition coefficient (Wildman–Crippen LogP) is 6.57. The number of fused-ring (bicyclic) bond motifs is 2. The third-order valence-corrected chi connectivity index (χ3v) is 7.39. The molecular weight excluding hydrogens is 462 g/mol. The molecule has 2 atom stereocenters. The summed E-state index contributed by atoms with van der Waals surface area (Å²) in [6, 6.07) is 28.3. The van der Waals surface area contributed by atoms with Gasteiger partial charge in [-0.3, -0.25) is 4.79 Å². The number of ether oxygens (including phenoxy) is 1. The standard InChI is InChI=1S/C31H29N3O3/c35-31(36)26-12-6-5-11-25(26)30-33-28-18-24(16-17-29(28)34(30)19-21-8-2-1-3-9-21)37-20-23-15-14-22-10-4-7-13-27(22)32-23/h1-4,7-10,13-18,25-26H,5-6,11-12,19-20H2,(H,35,36)/t25-,26+/m0/s1. The van der Waals surface area contributed by atoms with Gasteiger partial charge in [0.15, 0.2) is 0 Å². The van der Waals surface area contributed by atoms with Crippen molar-refractivity contribution >= 4 is 27.9 Å². The van der Waals surface area contributed by atoms with Crippen molar-refractivity contribution in [2.45, 2.75) is 44.8 Å². The Morgan fingerprint density at radius 3 is 2.57 bits per heavy atom. The molecule has 6 nitrogen and oxygen atoms in total. The fourth-order valence-corrected chi connectivity index (χ4v) is 5.51. The number of hydrogen-bond acceptors (Lipinski definition) is 4. The van der Waals surface area contributed by atoms with Crippen LogP contribution in [0.4, 0.5) is 0 Å². The van der Waals surface area contributed by atoms with Crippen LogP contribution in [0.25, 0.3) is 21.9 Å². The molecular formula is C31H29N3O3. The van der Waals surface area contributed by atoms with Crippen molar-refractivity contribution in [2.75, 3.05) is 0 Å². The Morgan fingerprint density at radius 1 is 0.892 bits per heavy atom. The number of carboxylic acids is 1. The summed E-state index contributed by atoms with van der Waals surface area (Å²) in [5.74, 6) is 0.342. The van der Waals surface area contributed by atoms with Gasteiger partial charge in [-0.2, -0.15) is 0 Å². The Morgan fingerprint density at radius 2 is 1.70 bits per heavy atom. The Labute approximate surface area is 215 Å². The van der Waals surface area contributed by atoms with Crippen LogP contribution in [0.3, 0.4) is 0 Å². The average Bonchev–Trinajstić information content (AvgIpc) is 3.29. The zero-order valence-electron chi connectivity index (χ0n) is 20.6. The number of benzene rings is 3. The molecule has 6 rings (SSSR count). The fraction of sp³-hybridized carbons (Fsp3) is 0.258. The summed E-state index contributed by atoms with van der Waals surface area (Å²) in [6.45, 7) is 1.01. The van der Waals surface area contributed by atoms with Gasteiger partial charge in [-0.1, -0.05) is 67.4 Å². The van der Waals surface area contributed by atoms with E-state index in [2.05, 4.69) is 22.8 Å². The number of aromatic nitrogens is 3. The lowest BCUT2D eigenvalue weighted by Crippen LogP contribution is -2.27. The molecule has 0 aliphatic heterocycles. The first-order valence-electron chi connectivity index (χ1n) is 12.9. The van der Waals surface area contributed by atoms with Crippen LogP contribution in [0.1, 0.15) is 48.7 Å². The van der Waals surface area contributed by atoms with E-state index in [1.54, 1.807) is 0 Å². The summed E-state index contributed by atoms with van der Waals surface area (Å²) in [5.41, 5.74) is 4.78. The highest BCUT2D eigenvalue weighted by Gasteiger charge is 2.35. The summed E-state index contributed by atoms with van der Waals surface area (Å²) >= 11 is 0. The van der Waals surface area contributed by atoms with Gasteiger partial charge < -0.3 is 14.4 Å². The molecule has 6 heteroatoms. The Bertz CT molecular complexity index is 1560. The van der Waals surface area contributed by atoms with Gasteiger partial charge in [0.1, 0.15) is 18.2 Å². The molecule has 1 aliphatic carbocycles. The predicted molar refractivity (Wildman–Crippen MR) is 144 cm³/mol. The molecule has 0 saturated heterocycles. The first-order valence-corrected chi connectivity index (χ1v) is 12.9. The second kappa shape index (κ2) is 10.1. The normalized spacial score (nSPS) is 17.7. The van der Waals surface area contributed by atoms with E-state index in [-0.39, 0.29) is 5.92 Å². The third-order valence-electron chi connectivity index (χ3n) is 7.39. The Kier molecular flexibility index (Phi) is 6.31. The second-order valence-electron chi connectivity index (χ2n) is 9.81. The van der Waals surface area contributed by atoms with Crippen LogP contribution in [0.5, 0.6) is 5.75 Å². The lowest BCUT2D eigenvalue weighted by molar-refractivity contribution is -0.143. The largest absolute Gasteiger partial charge is 0.487 e. The molecule has 186 valence electrons. The minimum atomic E-state index is -0.727. The van der Waals surface area contributed by atoms with E-state index >= 15 is 0 Å². The maximum atomic E-state index is 12.1. The highest BCUT2D eigenvalue weighted by molar-refractivity contribution is 5.79. The topological polar surface area (TPSA) is 77.2 Å². The number of hydrogen-bond donors (Lipinski definition) is 1. The van der Waals surface area contributed by atoms with Crippen molar-refractivity contribution in [1.29, 1.82) is 0 Å². The van der Waals surface area contributed by atoms with E-state index in [1.165, 1.54) is 0 Å². The lowest BCUT2D eigenvalue weighted by Gasteiger charge is -2.28. The molecule has 2 aromatic heterocycles. The number of carbonyl (C=O) groups is 1. The van der Waals surface area contributed by atoms with Crippen molar-refractivity contribution < 1.29 is 14.6 Å². The van der Waals surface area contributed by atoms with Crippen molar-refractivity contribution in [1.82, 2.24) is 14.5 Å². The molecule has 0 bridgehead atoms. The molecule has 1 fully saturated rings. The zero-order chi connectivity index (χ0) is 25.2. The molecule has 3 aromatic carbocycles. The molecule has 37 heavy (non-hydrogen) atoms. The lowest BCUT2D eigenvalue weighted by atomic mass is 9.78. The van der Waals surface area contributed by atoms with E-state index in [1.807, 2.05) is 66.7 Å². The van der Waals surface area contributed by atoms with Gasteiger partial charge in [0.2, 0.25) is 0 Å². The van der Waals surface area contributed by atoms with E-state index in [4.69, 9.17) is 14.7 Å². The summed E-state index contributed by atoms with van der Waals surface area (Å²) in [5, 5.41) is 11.1. The van der Waals surface area contributed by atoms with Crippen LogP contribution < -0.4 is 4.74 Å². The number of aliphatic carboxylic acids is 1. The number of pyridine rings is 1. The van der Waals surface area contributed by atoms with Crippen LogP contribution in [-0.4, -0.2) is 25.6 Å². The van der Waals surface area contributed by atoms with Gasteiger partial charge in [0, 0.05) is 23.9 Å². The van der Waals surface area contributed by atoms with Crippen molar-refractivity contribution in [3.05, 3.63) is 102 Å². The zero-order valence-corrected chi connectivity index (χ0v) is 20.6. The minimum Gasteiger partial charge on any atom is -0.487 e. The van der Waals surface area contributed by atoms with Gasteiger partial charge >= 0.3 is 5.97 Å². The molecule has 0 unspecified atom stereocenters. The van der Waals surface area contributed by atoms with Gasteiger partial charge in [0.05, 0.1) is 28.2 Å². The van der Waals surface area contributed by atoms with E-state index in [9.17, 15) is 9.90 Å². The summed E-state index contributed by atoms with van der Waals surface area (Å²) in [7, 11) is 0. The quantitative estimate of drug-likeness (QED) is 0.279. The van der Waals surface area contributed by atoms with Gasteiger partial charge in [-0.05, 0) is 42.7 Å². The SMILES string of the molecule is O=C(O)[C@@H]1CCCC[C@@H]1c1nc2cc(OCc3ccc4ccccc4n3)ccc2n1Cc1ccccc1. The van der Waals surface area contributed by atoms with E-state index < -0.39 is 11.9 Å². The summed E-state index contributed by atoms with van der Waals surface area (Å²) in [6.07, 6.45) is 3.51. The number of para-hydroxylation sites is 1. The first kappa shape index (κ1) is 23.2. The molecule has 0 radical (unpaired) electrons. The van der Waals surface area contributed by atoms with Crippen molar-refractivity contribution in [3.63, 3.8) is 0 Å². The van der Waals surface area contributed by atoms with Gasteiger partial charge in [-0.15, -0.1) is 0 Å². The number of carboxylic acid groups (broad SMARTS) is 1. The molecule has 0 spiro atoms. The highest BCUT2D eigenvalue weighted by Crippen LogP contribution is 2.39. The molecule has 1 N–H and O–H groups in total. The van der Waals surface area contributed by atoms with Gasteiger partial charge in [0.25, 0.3) is 0 Å². The highest BCUT2D eigenvalue weighted by atomic mass is 16.5. The fourth-order valence-electron chi connectivity index (χ4n) is 5.51. The van der Waals surface area contributed by atoms with E-state index in [0.29, 0.717) is 19.6 Å². The smallest absolute Gasteiger partial charge is 0.307 e. The monoisotopic (exact) mass is 491 g/mol. The third kappa shape index (κ3) is 4.79. The van der Waals surface area contributed by atoms with Gasteiger partial charge in [-0.25, -0.2) is 9.97 Å². The van der Waals surface area contributed by atoms with Crippen LogP contribution in [0.2, 0.25) is 0 Å². The second-order valence-corrected chi connectivity index (χ2v) is 9.81. The maximum absolute atomic E-state index is 12.1. The van der Waals surface area contributed by atoms with Crippen molar-refractivity contribution in [2.24, 2.45) is 5.92 Å².